The minimum absolute atomic E-state index is 0.0408. The zero-order valence-electron chi connectivity index (χ0n) is 17.4. The molecule has 0 atom stereocenters. The van der Waals surface area contributed by atoms with Crippen molar-refractivity contribution in [3.8, 4) is 11.5 Å². The molecule has 2 heterocycles. The molecular weight excluding hydrogens is 442 g/mol. The SMILES string of the molecule is COC(=O)CN1C(=O)S/C(=C\c2ccc(OCc3ccc(C(=O)OC)o3)c(OC)c2)C1=O. The monoisotopic (exact) mass is 461 g/mol. The van der Waals surface area contributed by atoms with E-state index in [4.69, 9.17) is 13.9 Å². The molecule has 32 heavy (non-hydrogen) atoms. The largest absolute Gasteiger partial charge is 0.493 e. The van der Waals surface area contributed by atoms with Crippen LogP contribution in [0.3, 0.4) is 0 Å². The zero-order valence-corrected chi connectivity index (χ0v) is 18.2. The van der Waals surface area contributed by atoms with Crippen LogP contribution in [0.25, 0.3) is 6.08 Å². The van der Waals surface area contributed by atoms with E-state index in [1.165, 1.54) is 33.5 Å². The van der Waals surface area contributed by atoms with Crippen LogP contribution in [-0.2, 0) is 25.7 Å². The Balaban J connectivity index is 1.72. The summed E-state index contributed by atoms with van der Waals surface area (Å²) in [6.45, 7) is -0.405. The van der Waals surface area contributed by atoms with E-state index >= 15 is 0 Å². The number of rotatable bonds is 8. The first-order valence-electron chi connectivity index (χ1n) is 9.16. The van der Waals surface area contributed by atoms with E-state index in [-0.39, 0.29) is 17.3 Å². The lowest BCUT2D eigenvalue weighted by molar-refractivity contribution is -0.143. The first kappa shape index (κ1) is 22.9. The Bertz CT molecular complexity index is 1090. The summed E-state index contributed by atoms with van der Waals surface area (Å²) in [4.78, 5) is 48.3. The number of thioether (sulfide) groups is 1. The molecule has 1 aliphatic rings. The van der Waals surface area contributed by atoms with Crippen molar-refractivity contribution in [2.45, 2.75) is 6.61 Å². The minimum Gasteiger partial charge on any atom is -0.493 e. The summed E-state index contributed by atoms with van der Waals surface area (Å²) in [5.74, 6) is -0.595. The van der Waals surface area contributed by atoms with Crippen molar-refractivity contribution < 1.29 is 42.5 Å². The molecular formula is C21H19NO9S. The number of benzene rings is 1. The molecule has 1 aliphatic heterocycles. The van der Waals surface area contributed by atoms with Crippen molar-refractivity contribution >= 4 is 40.9 Å². The van der Waals surface area contributed by atoms with Crippen LogP contribution in [0.2, 0.25) is 0 Å². The third-order valence-electron chi connectivity index (χ3n) is 4.29. The number of nitrogens with zero attached hydrogens (tertiary/aromatic N) is 1. The smallest absolute Gasteiger partial charge is 0.373 e. The summed E-state index contributed by atoms with van der Waals surface area (Å²) in [6, 6.07) is 8.02. The van der Waals surface area contributed by atoms with Crippen LogP contribution < -0.4 is 9.47 Å². The van der Waals surface area contributed by atoms with E-state index in [0.717, 1.165) is 16.7 Å². The van der Waals surface area contributed by atoms with Crippen LogP contribution in [0.15, 0.2) is 39.7 Å². The van der Waals surface area contributed by atoms with E-state index in [2.05, 4.69) is 9.47 Å². The Morgan fingerprint density at radius 2 is 1.84 bits per heavy atom. The van der Waals surface area contributed by atoms with Gasteiger partial charge in [0.25, 0.3) is 11.1 Å². The number of furan rings is 1. The Kier molecular flexibility index (Phi) is 7.21. The fraction of sp³-hybridized carbons (Fsp3) is 0.238. The Hall–Kier alpha value is -3.73. The maximum absolute atomic E-state index is 12.4. The van der Waals surface area contributed by atoms with Gasteiger partial charge in [-0.05, 0) is 47.7 Å². The molecule has 0 bridgehead atoms. The number of hydrogen-bond acceptors (Lipinski definition) is 10. The van der Waals surface area contributed by atoms with Crippen molar-refractivity contribution in [2.24, 2.45) is 0 Å². The second-order valence-corrected chi connectivity index (χ2v) is 7.29. The van der Waals surface area contributed by atoms with Crippen LogP contribution in [0.1, 0.15) is 21.9 Å². The molecule has 11 heteroatoms. The maximum atomic E-state index is 12.4. The fourth-order valence-electron chi connectivity index (χ4n) is 2.69. The second-order valence-electron chi connectivity index (χ2n) is 6.30. The van der Waals surface area contributed by atoms with Gasteiger partial charge in [-0.15, -0.1) is 0 Å². The van der Waals surface area contributed by atoms with Gasteiger partial charge in [0.1, 0.15) is 18.9 Å². The first-order chi connectivity index (χ1) is 15.4. The molecule has 0 unspecified atom stereocenters. The Labute approximate surface area is 187 Å². The highest BCUT2D eigenvalue weighted by atomic mass is 32.2. The molecule has 0 spiro atoms. The van der Waals surface area contributed by atoms with Gasteiger partial charge in [-0.1, -0.05) is 6.07 Å². The topological polar surface area (TPSA) is 122 Å². The molecule has 0 N–H and O–H groups in total. The van der Waals surface area contributed by atoms with Crippen molar-refractivity contribution in [1.82, 2.24) is 4.90 Å². The molecule has 1 aromatic carbocycles. The van der Waals surface area contributed by atoms with Crippen LogP contribution >= 0.6 is 11.8 Å². The van der Waals surface area contributed by atoms with Gasteiger partial charge < -0.3 is 23.4 Å². The van der Waals surface area contributed by atoms with Gasteiger partial charge in [-0.2, -0.15) is 0 Å². The molecule has 0 saturated carbocycles. The van der Waals surface area contributed by atoms with Gasteiger partial charge in [0.05, 0.1) is 26.2 Å². The van der Waals surface area contributed by atoms with Crippen LogP contribution in [-0.4, -0.2) is 55.9 Å². The van der Waals surface area contributed by atoms with Gasteiger partial charge >= 0.3 is 11.9 Å². The number of methoxy groups -OCH3 is 3. The predicted molar refractivity (Wildman–Crippen MR) is 112 cm³/mol. The number of carbonyl (C=O) groups is 4. The van der Waals surface area contributed by atoms with Gasteiger partial charge in [-0.3, -0.25) is 19.3 Å². The minimum atomic E-state index is -0.688. The molecule has 2 amide bonds. The summed E-state index contributed by atoms with van der Waals surface area (Å²) in [7, 11) is 3.89. The molecule has 0 aliphatic carbocycles. The van der Waals surface area contributed by atoms with Gasteiger partial charge in [-0.25, -0.2) is 4.79 Å². The van der Waals surface area contributed by atoms with Crippen LogP contribution in [0, 0.1) is 0 Å². The number of esters is 2. The highest BCUT2D eigenvalue weighted by Crippen LogP contribution is 2.34. The second kappa shape index (κ2) is 10.1. The number of ether oxygens (including phenoxy) is 4. The fourth-order valence-corrected chi connectivity index (χ4v) is 3.53. The average molecular weight is 461 g/mol. The highest BCUT2D eigenvalue weighted by molar-refractivity contribution is 8.18. The lowest BCUT2D eigenvalue weighted by Gasteiger charge is -2.11. The lowest BCUT2D eigenvalue weighted by Crippen LogP contribution is -2.34. The van der Waals surface area contributed by atoms with E-state index < -0.39 is 29.6 Å². The van der Waals surface area contributed by atoms with Crippen molar-refractivity contribution in [3.05, 3.63) is 52.3 Å². The first-order valence-corrected chi connectivity index (χ1v) is 9.98. The Morgan fingerprint density at radius 3 is 2.53 bits per heavy atom. The summed E-state index contributed by atoms with van der Waals surface area (Å²) in [6.07, 6.45) is 1.52. The van der Waals surface area contributed by atoms with Gasteiger partial charge in [0.15, 0.2) is 11.5 Å². The van der Waals surface area contributed by atoms with E-state index in [9.17, 15) is 19.2 Å². The number of amides is 2. The number of carbonyl (C=O) groups excluding carboxylic acids is 4. The third-order valence-corrected chi connectivity index (χ3v) is 5.20. The molecule has 0 radical (unpaired) electrons. The van der Waals surface area contributed by atoms with Crippen molar-refractivity contribution in [3.63, 3.8) is 0 Å². The van der Waals surface area contributed by atoms with Crippen LogP contribution in [0.4, 0.5) is 4.79 Å². The molecule has 10 nitrogen and oxygen atoms in total. The third kappa shape index (κ3) is 5.11. The maximum Gasteiger partial charge on any atom is 0.373 e. The molecule has 1 saturated heterocycles. The van der Waals surface area contributed by atoms with E-state index in [1.54, 1.807) is 24.3 Å². The summed E-state index contributed by atoms with van der Waals surface area (Å²) < 4.78 is 25.5. The predicted octanol–water partition coefficient (Wildman–Crippen LogP) is 2.86. The van der Waals surface area contributed by atoms with Crippen molar-refractivity contribution in [2.75, 3.05) is 27.9 Å². The molecule has 2 aromatic rings. The quantitative estimate of drug-likeness (QED) is 0.428. The summed E-state index contributed by atoms with van der Waals surface area (Å²) in [5, 5.41) is -0.552. The van der Waals surface area contributed by atoms with Gasteiger partial charge in [0, 0.05) is 0 Å². The molecule has 3 rings (SSSR count). The van der Waals surface area contributed by atoms with E-state index in [1.807, 2.05) is 0 Å². The normalized spacial score (nSPS) is 14.6. The standard InChI is InChI=1S/C21H19NO9S/c1-27-16-8-12(9-17-19(24)22(21(26)32-17)10-18(23)28-2)4-6-14(16)30-11-13-5-7-15(31-13)20(25)29-3/h4-9H,10-11H2,1-3H3/b17-9-. The highest BCUT2D eigenvalue weighted by Gasteiger charge is 2.36. The lowest BCUT2D eigenvalue weighted by atomic mass is 10.2. The summed E-state index contributed by atoms with van der Waals surface area (Å²) in [5.41, 5.74) is 0.587. The zero-order chi connectivity index (χ0) is 23.3. The molecule has 168 valence electrons. The van der Waals surface area contributed by atoms with Gasteiger partial charge in [0.2, 0.25) is 5.76 Å². The van der Waals surface area contributed by atoms with Crippen LogP contribution in [0.5, 0.6) is 11.5 Å². The van der Waals surface area contributed by atoms with E-state index in [0.29, 0.717) is 22.8 Å². The molecule has 1 fully saturated rings. The summed E-state index contributed by atoms with van der Waals surface area (Å²) >= 11 is 0.729. The number of imide groups is 1. The average Bonchev–Trinajstić information content (AvgIpc) is 3.37. The van der Waals surface area contributed by atoms with Crippen molar-refractivity contribution in [1.29, 1.82) is 0 Å². The number of hydrogen-bond donors (Lipinski definition) is 0. The Morgan fingerprint density at radius 1 is 1.06 bits per heavy atom. The molecule has 1 aromatic heterocycles.